The normalized spacial score (nSPS) is 11.1. The van der Waals surface area contributed by atoms with Gasteiger partial charge in [0.25, 0.3) is 0 Å². The lowest BCUT2D eigenvalue weighted by Gasteiger charge is -2.14. The zero-order chi connectivity index (χ0) is 20.1. The van der Waals surface area contributed by atoms with E-state index in [0.717, 1.165) is 17.1 Å². The third-order valence-electron chi connectivity index (χ3n) is 3.91. The number of sulfonamides is 1. The molecule has 0 saturated carbocycles. The Morgan fingerprint density at radius 2 is 1.57 bits per heavy atom. The highest BCUT2D eigenvalue weighted by Gasteiger charge is 2.11. The Kier molecular flexibility index (Phi) is 5.79. The van der Waals surface area contributed by atoms with Gasteiger partial charge in [-0.2, -0.15) is 0 Å². The summed E-state index contributed by atoms with van der Waals surface area (Å²) >= 11 is 0. The number of hydrogen-bond donors (Lipinski definition) is 2. The molecule has 0 saturated heterocycles. The van der Waals surface area contributed by atoms with Crippen molar-refractivity contribution in [2.24, 2.45) is 0 Å². The quantitative estimate of drug-likeness (QED) is 0.634. The first-order chi connectivity index (χ1) is 13.3. The van der Waals surface area contributed by atoms with Gasteiger partial charge >= 0.3 is 0 Å². The van der Waals surface area contributed by atoms with Gasteiger partial charge in [0.2, 0.25) is 10.0 Å². The van der Waals surface area contributed by atoms with E-state index in [0.29, 0.717) is 17.3 Å². The number of anilines is 4. The molecule has 0 unspecified atom stereocenters. The van der Waals surface area contributed by atoms with E-state index in [1.165, 1.54) is 0 Å². The maximum atomic E-state index is 12.3. The predicted molar refractivity (Wildman–Crippen MR) is 114 cm³/mol. The van der Waals surface area contributed by atoms with Crippen LogP contribution in [0.4, 0.5) is 23.0 Å². The molecule has 0 aliphatic rings. The van der Waals surface area contributed by atoms with E-state index in [1.807, 2.05) is 50.2 Å². The fraction of sp³-hybridized carbons (Fsp3) is 0.200. The summed E-state index contributed by atoms with van der Waals surface area (Å²) in [6, 6.07) is 18.0. The maximum absolute atomic E-state index is 12.3. The van der Waals surface area contributed by atoms with Crippen molar-refractivity contribution in [1.82, 2.24) is 9.97 Å². The molecule has 8 heteroatoms. The van der Waals surface area contributed by atoms with Crippen LogP contribution < -0.4 is 14.9 Å². The van der Waals surface area contributed by atoms with Crippen LogP contribution in [0.5, 0.6) is 0 Å². The molecule has 2 N–H and O–H groups in total. The van der Waals surface area contributed by atoms with E-state index in [9.17, 15) is 8.42 Å². The second kappa shape index (κ2) is 8.26. The van der Waals surface area contributed by atoms with Crippen LogP contribution >= 0.6 is 0 Å². The molecule has 7 nitrogen and oxygen atoms in total. The Balaban J connectivity index is 1.68. The van der Waals surface area contributed by atoms with Crippen LogP contribution in [0.3, 0.4) is 0 Å². The van der Waals surface area contributed by atoms with Crippen molar-refractivity contribution >= 4 is 33.0 Å². The Morgan fingerprint density at radius 3 is 2.21 bits per heavy atom. The first-order valence-electron chi connectivity index (χ1n) is 8.75. The fourth-order valence-corrected chi connectivity index (χ4v) is 3.82. The van der Waals surface area contributed by atoms with E-state index in [-0.39, 0.29) is 5.75 Å². The molecule has 1 heterocycles. The summed E-state index contributed by atoms with van der Waals surface area (Å²) < 4.78 is 27.3. The first kappa shape index (κ1) is 19.6. The highest BCUT2D eigenvalue weighted by molar-refractivity contribution is 7.91. The highest BCUT2D eigenvalue weighted by Crippen LogP contribution is 2.21. The monoisotopic (exact) mass is 397 g/mol. The molecule has 1 aromatic heterocycles. The van der Waals surface area contributed by atoms with Gasteiger partial charge in [-0.1, -0.05) is 30.3 Å². The van der Waals surface area contributed by atoms with Gasteiger partial charge in [0.15, 0.2) is 0 Å². The van der Waals surface area contributed by atoms with Crippen LogP contribution in [0.1, 0.15) is 11.4 Å². The van der Waals surface area contributed by atoms with Crippen molar-refractivity contribution < 1.29 is 8.42 Å². The number of hydrogen-bond acceptors (Lipinski definition) is 6. The minimum absolute atomic E-state index is 0.0681. The Hall–Kier alpha value is -3.13. The minimum Gasteiger partial charge on any atom is -0.363 e. The number of rotatable bonds is 7. The minimum atomic E-state index is -3.48. The van der Waals surface area contributed by atoms with Crippen molar-refractivity contribution in [3.05, 3.63) is 72.1 Å². The molecule has 28 heavy (non-hydrogen) atoms. The average molecular weight is 398 g/mol. The van der Waals surface area contributed by atoms with E-state index >= 15 is 0 Å². The lowest BCUT2D eigenvalue weighted by Crippen LogP contribution is -2.15. The van der Waals surface area contributed by atoms with Crippen molar-refractivity contribution in [2.75, 3.05) is 29.0 Å². The molecular formula is C20H23N5O2S. The van der Waals surface area contributed by atoms with Crippen LogP contribution in [0.15, 0.2) is 60.7 Å². The van der Waals surface area contributed by atoms with E-state index < -0.39 is 10.0 Å². The summed E-state index contributed by atoms with van der Waals surface area (Å²) in [5.74, 6) is 2.08. The van der Waals surface area contributed by atoms with E-state index in [1.54, 1.807) is 36.4 Å². The smallest absolute Gasteiger partial charge is 0.236 e. The number of aryl methyl sites for hydroxylation is 1. The Labute approximate surface area is 165 Å². The molecular weight excluding hydrogens is 374 g/mol. The fourth-order valence-electron chi connectivity index (χ4n) is 2.62. The molecule has 146 valence electrons. The summed E-state index contributed by atoms with van der Waals surface area (Å²) in [5, 5.41) is 3.21. The van der Waals surface area contributed by atoms with Crippen LogP contribution in [0.25, 0.3) is 0 Å². The predicted octanol–water partition coefficient (Wildman–Crippen LogP) is 3.54. The summed E-state index contributed by atoms with van der Waals surface area (Å²) in [6.45, 7) is 1.84. The van der Waals surface area contributed by atoms with E-state index in [2.05, 4.69) is 20.0 Å². The summed E-state index contributed by atoms with van der Waals surface area (Å²) in [6.07, 6.45) is 0. The molecule has 0 radical (unpaired) electrons. The number of benzene rings is 2. The summed E-state index contributed by atoms with van der Waals surface area (Å²) in [5.41, 5.74) is 2.05. The standard InChI is InChI=1S/C20H23N5O2S/c1-15-21-19(13-20(22-15)25(2)3)23-17-9-11-18(12-10-17)24-28(26,27)14-16-7-5-4-6-8-16/h4-13,24H,14H2,1-3H3,(H,21,22,23). The highest BCUT2D eigenvalue weighted by atomic mass is 32.2. The largest absolute Gasteiger partial charge is 0.363 e. The lowest BCUT2D eigenvalue weighted by molar-refractivity contribution is 0.600. The van der Waals surface area contributed by atoms with Crippen LogP contribution in [0, 0.1) is 6.92 Å². The second-order valence-corrected chi connectivity index (χ2v) is 8.32. The van der Waals surface area contributed by atoms with Crippen molar-refractivity contribution in [2.45, 2.75) is 12.7 Å². The first-order valence-corrected chi connectivity index (χ1v) is 10.4. The van der Waals surface area contributed by atoms with Gasteiger partial charge in [0.1, 0.15) is 17.5 Å². The zero-order valence-electron chi connectivity index (χ0n) is 16.0. The number of nitrogens with one attached hydrogen (secondary N) is 2. The van der Waals surface area contributed by atoms with Gasteiger partial charge in [-0.15, -0.1) is 0 Å². The maximum Gasteiger partial charge on any atom is 0.236 e. The molecule has 0 aliphatic heterocycles. The molecule has 0 amide bonds. The average Bonchev–Trinajstić information content (AvgIpc) is 2.63. The molecule has 3 aromatic rings. The van der Waals surface area contributed by atoms with Gasteiger partial charge in [0, 0.05) is 31.5 Å². The van der Waals surface area contributed by atoms with Crippen molar-refractivity contribution in [1.29, 1.82) is 0 Å². The lowest BCUT2D eigenvalue weighted by atomic mass is 10.2. The Morgan fingerprint density at radius 1 is 0.929 bits per heavy atom. The van der Waals surface area contributed by atoms with Crippen LogP contribution in [-0.4, -0.2) is 32.5 Å². The van der Waals surface area contributed by atoms with Gasteiger partial charge < -0.3 is 10.2 Å². The van der Waals surface area contributed by atoms with Gasteiger partial charge in [0.05, 0.1) is 5.75 Å². The molecule has 2 aromatic carbocycles. The molecule has 0 atom stereocenters. The van der Waals surface area contributed by atoms with Gasteiger partial charge in [-0.3, -0.25) is 4.72 Å². The third kappa shape index (κ3) is 5.43. The second-order valence-electron chi connectivity index (χ2n) is 6.60. The third-order valence-corrected chi connectivity index (χ3v) is 5.17. The number of aromatic nitrogens is 2. The molecule has 0 spiro atoms. The molecule has 3 rings (SSSR count). The SMILES string of the molecule is Cc1nc(Nc2ccc(NS(=O)(=O)Cc3ccccc3)cc2)cc(N(C)C)n1. The Bertz CT molecular complexity index is 1040. The van der Waals surface area contributed by atoms with Gasteiger partial charge in [-0.05, 0) is 36.8 Å². The summed E-state index contributed by atoms with van der Waals surface area (Å²) in [7, 11) is 0.360. The topological polar surface area (TPSA) is 87.2 Å². The van der Waals surface area contributed by atoms with Crippen molar-refractivity contribution in [3.63, 3.8) is 0 Å². The zero-order valence-corrected chi connectivity index (χ0v) is 16.9. The summed E-state index contributed by atoms with van der Waals surface area (Å²) in [4.78, 5) is 10.6. The van der Waals surface area contributed by atoms with Crippen LogP contribution in [0.2, 0.25) is 0 Å². The molecule has 0 bridgehead atoms. The number of nitrogens with zero attached hydrogens (tertiary/aromatic N) is 3. The van der Waals surface area contributed by atoms with Gasteiger partial charge in [-0.25, -0.2) is 18.4 Å². The molecule has 0 fully saturated rings. The van der Waals surface area contributed by atoms with Crippen molar-refractivity contribution in [3.8, 4) is 0 Å². The molecule has 0 aliphatic carbocycles. The van der Waals surface area contributed by atoms with E-state index in [4.69, 9.17) is 0 Å². The van der Waals surface area contributed by atoms with Crippen LogP contribution in [-0.2, 0) is 15.8 Å².